The minimum absolute atomic E-state index is 0.0786. The molecule has 1 aliphatic carbocycles. The van der Waals surface area contributed by atoms with E-state index in [-0.39, 0.29) is 23.4 Å². The molecule has 8 nitrogen and oxygen atoms in total. The van der Waals surface area contributed by atoms with Crippen LogP contribution in [0.2, 0.25) is 0 Å². The number of ketones is 1. The van der Waals surface area contributed by atoms with E-state index in [1.54, 1.807) is 21.1 Å². The van der Waals surface area contributed by atoms with Crippen molar-refractivity contribution in [2.75, 3.05) is 53.5 Å². The van der Waals surface area contributed by atoms with Crippen LogP contribution in [0.25, 0.3) is 0 Å². The molecule has 3 rings (SSSR count). The van der Waals surface area contributed by atoms with Crippen molar-refractivity contribution in [1.29, 1.82) is 0 Å². The number of hydrogen-bond donors (Lipinski definition) is 1. The lowest BCUT2D eigenvalue weighted by molar-refractivity contribution is -0.130. The number of rotatable bonds is 7. The lowest BCUT2D eigenvalue weighted by Gasteiger charge is -2.33. The average molecular weight is 430 g/mol. The van der Waals surface area contributed by atoms with Gasteiger partial charge in [0, 0.05) is 58.7 Å². The highest BCUT2D eigenvalue weighted by atomic mass is 16.5. The van der Waals surface area contributed by atoms with E-state index in [4.69, 9.17) is 9.47 Å². The molecular weight excluding hydrogens is 398 g/mol. The maximum absolute atomic E-state index is 12.6. The number of carbonyl (C=O) groups excluding carboxylic acids is 2. The first-order valence-electron chi connectivity index (χ1n) is 10.6. The molecule has 1 amide bonds. The summed E-state index contributed by atoms with van der Waals surface area (Å²) >= 11 is 0. The number of piperazine rings is 1. The van der Waals surface area contributed by atoms with Crippen LogP contribution in [0.4, 0.5) is 0 Å². The lowest BCUT2D eigenvalue weighted by Crippen LogP contribution is -2.48. The van der Waals surface area contributed by atoms with Gasteiger partial charge in [0.15, 0.2) is 17.3 Å². The minimum atomic E-state index is -0.109. The summed E-state index contributed by atoms with van der Waals surface area (Å²) in [5, 5.41) is 10.5. The summed E-state index contributed by atoms with van der Waals surface area (Å²) in [5.41, 5.74) is 1.23. The number of ether oxygens (including phenoxy) is 2. The highest BCUT2D eigenvalue weighted by Crippen LogP contribution is 2.37. The standard InChI is InChI=1S/C23H31N3O5/c1-16(27)26-10-8-25(9-11-26)7-6-24-15-19-20(28)12-18(13-21(19)29)17-4-5-22(30-2)23(14-17)31-3/h4-5,14-15,18,28H,6-13H2,1-3H3. The van der Waals surface area contributed by atoms with Crippen molar-refractivity contribution < 1.29 is 24.2 Å². The van der Waals surface area contributed by atoms with Gasteiger partial charge in [0.2, 0.25) is 5.91 Å². The zero-order chi connectivity index (χ0) is 22.4. The van der Waals surface area contributed by atoms with Crippen molar-refractivity contribution in [3.05, 3.63) is 35.1 Å². The summed E-state index contributed by atoms with van der Waals surface area (Å²) in [4.78, 5) is 32.5. The lowest BCUT2D eigenvalue weighted by atomic mass is 9.83. The van der Waals surface area contributed by atoms with Crippen molar-refractivity contribution in [3.63, 3.8) is 0 Å². The van der Waals surface area contributed by atoms with Gasteiger partial charge in [-0.3, -0.25) is 19.5 Å². The first-order chi connectivity index (χ1) is 14.9. The van der Waals surface area contributed by atoms with Gasteiger partial charge in [0.25, 0.3) is 0 Å². The number of aliphatic hydroxyl groups is 1. The Kier molecular flexibility index (Phi) is 7.68. The molecule has 1 aromatic carbocycles. The molecule has 31 heavy (non-hydrogen) atoms. The average Bonchev–Trinajstić information content (AvgIpc) is 2.77. The summed E-state index contributed by atoms with van der Waals surface area (Å²) in [7, 11) is 3.15. The van der Waals surface area contributed by atoms with E-state index in [1.165, 1.54) is 6.21 Å². The number of Topliss-reactive ketones (excluding diaryl/α,β-unsaturated/α-hetero) is 1. The van der Waals surface area contributed by atoms with Gasteiger partial charge in [0.05, 0.1) is 26.3 Å². The van der Waals surface area contributed by atoms with Crippen molar-refractivity contribution >= 4 is 17.9 Å². The number of carbonyl (C=O) groups is 2. The second kappa shape index (κ2) is 10.4. The molecule has 1 atom stereocenters. The molecule has 1 heterocycles. The second-order valence-electron chi connectivity index (χ2n) is 7.89. The first kappa shape index (κ1) is 22.8. The Morgan fingerprint density at radius 2 is 1.87 bits per heavy atom. The van der Waals surface area contributed by atoms with Gasteiger partial charge in [-0.05, 0) is 23.6 Å². The molecule has 1 unspecified atom stereocenters. The molecule has 1 N–H and O–H groups in total. The summed E-state index contributed by atoms with van der Waals surface area (Å²) in [5.74, 6) is 1.21. The Morgan fingerprint density at radius 3 is 2.48 bits per heavy atom. The zero-order valence-electron chi connectivity index (χ0n) is 18.5. The second-order valence-corrected chi connectivity index (χ2v) is 7.89. The Morgan fingerprint density at radius 1 is 1.16 bits per heavy atom. The number of hydrogen-bond acceptors (Lipinski definition) is 7. The third-order valence-electron chi connectivity index (χ3n) is 5.95. The molecule has 0 bridgehead atoms. The zero-order valence-corrected chi connectivity index (χ0v) is 18.5. The third-order valence-corrected chi connectivity index (χ3v) is 5.95. The summed E-state index contributed by atoms with van der Waals surface area (Å²) in [6, 6.07) is 5.57. The van der Waals surface area contributed by atoms with E-state index >= 15 is 0 Å². The number of aliphatic imine (C=N–C) groups is 1. The van der Waals surface area contributed by atoms with Gasteiger partial charge < -0.3 is 19.5 Å². The fraction of sp³-hybridized carbons (Fsp3) is 0.522. The van der Waals surface area contributed by atoms with Crippen LogP contribution in [0.15, 0.2) is 34.5 Å². The molecule has 168 valence electrons. The van der Waals surface area contributed by atoms with E-state index in [0.29, 0.717) is 36.5 Å². The molecule has 2 aliphatic rings. The number of nitrogens with zero attached hydrogens (tertiary/aromatic N) is 3. The Bertz CT molecular complexity index is 872. The maximum atomic E-state index is 12.6. The van der Waals surface area contributed by atoms with E-state index in [9.17, 15) is 14.7 Å². The predicted octanol–water partition coefficient (Wildman–Crippen LogP) is 2.20. The Labute approximate surface area is 183 Å². The van der Waals surface area contributed by atoms with Crippen molar-refractivity contribution in [3.8, 4) is 11.5 Å². The minimum Gasteiger partial charge on any atom is -0.511 e. The fourth-order valence-corrected chi connectivity index (χ4v) is 4.04. The number of methoxy groups -OCH3 is 2. The monoisotopic (exact) mass is 429 g/mol. The number of benzene rings is 1. The number of amides is 1. The van der Waals surface area contributed by atoms with Crippen LogP contribution < -0.4 is 9.47 Å². The molecule has 0 radical (unpaired) electrons. The molecule has 1 saturated heterocycles. The van der Waals surface area contributed by atoms with Crippen LogP contribution >= 0.6 is 0 Å². The number of allylic oxidation sites excluding steroid dienone is 2. The highest BCUT2D eigenvalue weighted by molar-refractivity contribution is 6.14. The predicted molar refractivity (Wildman–Crippen MR) is 118 cm³/mol. The molecular formula is C23H31N3O5. The summed E-state index contributed by atoms with van der Waals surface area (Å²) in [6.07, 6.45) is 2.21. The normalized spacial score (nSPS) is 20.4. The molecule has 8 heteroatoms. The van der Waals surface area contributed by atoms with E-state index in [2.05, 4.69) is 9.89 Å². The van der Waals surface area contributed by atoms with E-state index in [0.717, 1.165) is 38.3 Å². The van der Waals surface area contributed by atoms with E-state index in [1.807, 2.05) is 23.1 Å². The highest BCUT2D eigenvalue weighted by Gasteiger charge is 2.28. The maximum Gasteiger partial charge on any atom is 0.219 e. The molecule has 1 aliphatic heterocycles. The van der Waals surface area contributed by atoms with Crippen LogP contribution in [0.3, 0.4) is 0 Å². The number of aliphatic hydroxyl groups excluding tert-OH is 1. The Hall–Kier alpha value is -2.87. The van der Waals surface area contributed by atoms with Gasteiger partial charge in [-0.2, -0.15) is 0 Å². The molecule has 1 fully saturated rings. The molecule has 0 spiro atoms. The summed E-state index contributed by atoms with van der Waals surface area (Å²) in [6.45, 7) is 6.03. The first-order valence-corrected chi connectivity index (χ1v) is 10.6. The van der Waals surface area contributed by atoms with Crippen molar-refractivity contribution in [2.45, 2.75) is 25.7 Å². The van der Waals surface area contributed by atoms with Crippen LogP contribution in [0.1, 0.15) is 31.2 Å². The van der Waals surface area contributed by atoms with Crippen molar-refractivity contribution in [1.82, 2.24) is 9.80 Å². The van der Waals surface area contributed by atoms with Crippen molar-refractivity contribution in [2.24, 2.45) is 4.99 Å². The largest absolute Gasteiger partial charge is 0.511 e. The fourth-order valence-electron chi connectivity index (χ4n) is 4.04. The Balaban J connectivity index is 1.56. The third kappa shape index (κ3) is 5.64. The van der Waals surface area contributed by atoms with Gasteiger partial charge >= 0.3 is 0 Å². The molecule has 0 saturated carbocycles. The van der Waals surface area contributed by atoms with Crippen LogP contribution in [0, 0.1) is 0 Å². The van der Waals surface area contributed by atoms with E-state index < -0.39 is 0 Å². The van der Waals surface area contributed by atoms with Gasteiger partial charge in [0.1, 0.15) is 5.76 Å². The van der Waals surface area contributed by atoms with Crippen LogP contribution in [-0.2, 0) is 9.59 Å². The topological polar surface area (TPSA) is 91.7 Å². The van der Waals surface area contributed by atoms with Gasteiger partial charge in [-0.25, -0.2) is 0 Å². The molecule has 0 aromatic heterocycles. The smallest absolute Gasteiger partial charge is 0.219 e. The van der Waals surface area contributed by atoms with Crippen LogP contribution in [-0.4, -0.2) is 86.3 Å². The quantitative estimate of drug-likeness (QED) is 0.668. The summed E-state index contributed by atoms with van der Waals surface area (Å²) < 4.78 is 10.6. The van der Waals surface area contributed by atoms with Crippen LogP contribution in [0.5, 0.6) is 11.5 Å². The van der Waals surface area contributed by atoms with Gasteiger partial charge in [-0.1, -0.05) is 6.07 Å². The van der Waals surface area contributed by atoms with Gasteiger partial charge in [-0.15, -0.1) is 0 Å². The SMILES string of the molecule is COc1ccc(C2CC(=O)C(C=NCCN3CCN(C(C)=O)CC3)=C(O)C2)cc1OC. The molecule has 1 aromatic rings.